The Labute approximate surface area is 155 Å². The third kappa shape index (κ3) is 3.37. The summed E-state index contributed by atoms with van der Waals surface area (Å²) in [5, 5.41) is 7.11. The van der Waals surface area contributed by atoms with Gasteiger partial charge in [0.1, 0.15) is 11.1 Å². The Morgan fingerprint density at radius 1 is 1.18 bits per heavy atom. The first kappa shape index (κ1) is 18.2. The molecule has 1 aromatic carbocycles. The van der Waals surface area contributed by atoms with Gasteiger partial charge in [0.15, 0.2) is 0 Å². The van der Waals surface area contributed by atoms with E-state index in [2.05, 4.69) is 10.2 Å². The molecule has 1 aliphatic rings. The van der Waals surface area contributed by atoms with Crippen LogP contribution in [0.1, 0.15) is 40.9 Å². The summed E-state index contributed by atoms with van der Waals surface area (Å²) in [5.41, 5.74) is -0.519. The number of fused-ring (bicyclic) bond motifs is 1. The molecule has 28 heavy (non-hydrogen) atoms. The number of likely N-dealkylation sites (tertiary alicyclic amines) is 1. The van der Waals surface area contributed by atoms with Crippen molar-refractivity contribution in [1.82, 2.24) is 15.1 Å². The van der Waals surface area contributed by atoms with Gasteiger partial charge in [-0.15, -0.1) is 10.2 Å². The van der Waals surface area contributed by atoms with Crippen LogP contribution in [0.25, 0.3) is 11.0 Å². The van der Waals surface area contributed by atoms with Crippen molar-refractivity contribution in [2.75, 3.05) is 13.1 Å². The van der Waals surface area contributed by atoms with Gasteiger partial charge < -0.3 is 13.7 Å². The van der Waals surface area contributed by atoms with Crippen molar-refractivity contribution < 1.29 is 26.8 Å². The largest absolute Gasteiger partial charge is 0.470 e. The smallest absolute Gasteiger partial charge is 0.422 e. The maximum absolute atomic E-state index is 12.8. The lowest BCUT2D eigenvalue weighted by atomic mass is 9.97. The zero-order chi connectivity index (χ0) is 19.9. The molecule has 0 saturated carbocycles. The van der Waals surface area contributed by atoms with Crippen LogP contribution >= 0.6 is 0 Å². The lowest BCUT2D eigenvalue weighted by Gasteiger charge is -2.30. The Hall–Kier alpha value is -3.17. The summed E-state index contributed by atoms with van der Waals surface area (Å²) in [4.78, 5) is 26.4. The van der Waals surface area contributed by atoms with E-state index < -0.39 is 29.5 Å². The fraction of sp³-hybridized carbons (Fsp3) is 0.333. The number of hydrogen-bond donors (Lipinski definition) is 0. The molecular weight excluding hydrogens is 379 g/mol. The summed E-state index contributed by atoms with van der Waals surface area (Å²) in [5.74, 6) is -2.66. The summed E-state index contributed by atoms with van der Waals surface area (Å²) in [7, 11) is 0. The standard InChI is InChI=1S/C18H14F3N3O4/c19-18(20,21)17-23-22-14(28-17)11-5-3-7-24(9-11)15(25)12-8-10-4-1-2-6-13(10)27-16(12)26/h1-2,4,6,8,11H,3,5,7,9H2. The molecule has 1 atom stereocenters. The molecule has 0 radical (unpaired) electrons. The molecule has 3 aromatic rings. The number of carbonyl (C=O) groups is 1. The second-order valence-electron chi connectivity index (χ2n) is 6.52. The van der Waals surface area contributed by atoms with Crippen molar-refractivity contribution in [3.8, 4) is 0 Å². The second kappa shape index (κ2) is 6.77. The number of halogens is 3. The normalized spacial score (nSPS) is 17.8. The topological polar surface area (TPSA) is 89.4 Å². The number of aromatic nitrogens is 2. The molecule has 0 aliphatic carbocycles. The Balaban J connectivity index is 1.58. The zero-order valence-corrected chi connectivity index (χ0v) is 14.4. The highest BCUT2D eigenvalue weighted by atomic mass is 19.4. The molecule has 0 N–H and O–H groups in total. The Morgan fingerprint density at radius 3 is 2.71 bits per heavy atom. The van der Waals surface area contributed by atoms with Crippen molar-refractivity contribution in [1.29, 1.82) is 0 Å². The van der Waals surface area contributed by atoms with E-state index in [0.717, 1.165) is 0 Å². The third-order valence-corrected chi connectivity index (χ3v) is 4.61. The number of amides is 1. The van der Waals surface area contributed by atoms with Gasteiger partial charge in [-0.05, 0) is 25.0 Å². The minimum atomic E-state index is -4.72. The molecule has 1 fully saturated rings. The summed E-state index contributed by atoms with van der Waals surface area (Å²) in [6, 6.07) is 8.26. The molecule has 2 aromatic heterocycles. The van der Waals surface area contributed by atoms with Crippen LogP contribution in [0, 0.1) is 0 Å². The van der Waals surface area contributed by atoms with Crippen molar-refractivity contribution in [3.05, 3.63) is 58.1 Å². The minimum absolute atomic E-state index is 0.0740. The summed E-state index contributed by atoms with van der Waals surface area (Å²) < 4.78 is 47.9. The van der Waals surface area contributed by atoms with E-state index in [1.807, 2.05) is 0 Å². The van der Waals surface area contributed by atoms with Crippen LogP contribution in [0.5, 0.6) is 0 Å². The minimum Gasteiger partial charge on any atom is -0.422 e. The molecule has 1 aliphatic heterocycles. The lowest BCUT2D eigenvalue weighted by molar-refractivity contribution is -0.157. The van der Waals surface area contributed by atoms with E-state index in [-0.39, 0.29) is 18.0 Å². The van der Waals surface area contributed by atoms with Crippen LogP contribution in [0.3, 0.4) is 0 Å². The molecule has 0 spiro atoms. The predicted molar refractivity (Wildman–Crippen MR) is 89.7 cm³/mol. The van der Waals surface area contributed by atoms with E-state index in [9.17, 15) is 22.8 Å². The van der Waals surface area contributed by atoms with Crippen molar-refractivity contribution in [2.24, 2.45) is 0 Å². The van der Waals surface area contributed by atoms with Crippen LogP contribution in [0.2, 0.25) is 0 Å². The van der Waals surface area contributed by atoms with E-state index in [1.54, 1.807) is 24.3 Å². The molecule has 4 rings (SSSR count). The molecular formula is C18H14F3N3O4. The van der Waals surface area contributed by atoms with Gasteiger partial charge >= 0.3 is 17.7 Å². The molecule has 1 saturated heterocycles. The average Bonchev–Trinajstić information content (AvgIpc) is 3.18. The van der Waals surface area contributed by atoms with Crippen LogP contribution in [-0.4, -0.2) is 34.1 Å². The van der Waals surface area contributed by atoms with Gasteiger partial charge in [0.25, 0.3) is 5.91 Å². The Kier molecular flexibility index (Phi) is 4.40. The van der Waals surface area contributed by atoms with Crippen LogP contribution < -0.4 is 5.63 Å². The Morgan fingerprint density at radius 2 is 1.96 bits per heavy atom. The number of nitrogens with zero attached hydrogens (tertiary/aromatic N) is 3. The first-order valence-corrected chi connectivity index (χ1v) is 8.55. The van der Waals surface area contributed by atoms with Crippen molar-refractivity contribution in [2.45, 2.75) is 24.9 Å². The fourth-order valence-corrected chi connectivity index (χ4v) is 3.26. The van der Waals surface area contributed by atoms with Gasteiger partial charge in [0, 0.05) is 18.5 Å². The van der Waals surface area contributed by atoms with Gasteiger partial charge in [0.05, 0.1) is 5.92 Å². The van der Waals surface area contributed by atoms with Crippen LogP contribution in [-0.2, 0) is 6.18 Å². The first-order chi connectivity index (χ1) is 13.3. The van der Waals surface area contributed by atoms with Crippen molar-refractivity contribution in [3.63, 3.8) is 0 Å². The number of para-hydroxylation sites is 1. The fourth-order valence-electron chi connectivity index (χ4n) is 3.26. The zero-order valence-electron chi connectivity index (χ0n) is 14.4. The molecule has 10 heteroatoms. The summed E-state index contributed by atoms with van der Waals surface area (Å²) in [6.45, 7) is 0.437. The Bertz CT molecular complexity index is 1090. The third-order valence-electron chi connectivity index (χ3n) is 4.61. The highest BCUT2D eigenvalue weighted by Crippen LogP contribution is 2.32. The SMILES string of the molecule is O=C(c1cc2ccccc2oc1=O)N1CCCC(c2nnc(C(F)(F)F)o2)C1. The quantitative estimate of drug-likeness (QED) is 0.621. The number of carbonyl (C=O) groups excluding carboxylic acids is 1. The maximum Gasteiger partial charge on any atom is 0.470 e. The number of piperidine rings is 1. The predicted octanol–water partition coefficient (Wildman–Crippen LogP) is 3.21. The van der Waals surface area contributed by atoms with Gasteiger partial charge in [-0.25, -0.2) is 4.79 Å². The van der Waals surface area contributed by atoms with E-state index in [1.165, 1.54) is 11.0 Å². The molecule has 1 unspecified atom stereocenters. The van der Waals surface area contributed by atoms with E-state index in [4.69, 9.17) is 8.83 Å². The van der Waals surface area contributed by atoms with Gasteiger partial charge in [-0.3, -0.25) is 4.79 Å². The van der Waals surface area contributed by atoms with Gasteiger partial charge in [-0.1, -0.05) is 18.2 Å². The monoisotopic (exact) mass is 393 g/mol. The number of benzene rings is 1. The first-order valence-electron chi connectivity index (χ1n) is 8.55. The van der Waals surface area contributed by atoms with E-state index in [0.29, 0.717) is 30.4 Å². The highest BCUT2D eigenvalue weighted by molar-refractivity contribution is 5.96. The molecule has 7 nitrogen and oxygen atoms in total. The number of hydrogen-bond acceptors (Lipinski definition) is 6. The molecule has 146 valence electrons. The van der Waals surface area contributed by atoms with Crippen molar-refractivity contribution >= 4 is 16.9 Å². The molecule has 0 bridgehead atoms. The second-order valence-corrected chi connectivity index (χ2v) is 6.52. The molecule has 3 heterocycles. The number of alkyl halides is 3. The lowest BCUT2D eigenvalue weighted by Crippen LogP contribution is -2.40. The average molecular weight is 393 g/mol. The summed E-state index contributed by atoms with van der Waals surface area (Å²) in [6.07, 6.45) is -3.70. The van der Waals surface area contributed by atoms with E-state index >= 15 is 0 Å². The van der Waals surface area contributed by atoms with Gasteiger partial charge in [0.2, 0.25) is 5.89 Å². The highest BCUT2D eigenvalue weighted by Gasteiger charge is 2.39. The van der Waals surface area contributed by atoms with Gasteiger partial charge in [-0.2, -0.15) is 13.2 Å². The number of rotatable bonds is 2. The van der Waals surface area contributed by atoms with Crippen LogP contribution in [0.4, 0.5) is 13.2 Å². The maximum atomic E-state index is 12.8. The molecule has 1 amide bonds. The summed E-state index contributed by atoms with van der Waals surface area (Å²) >= 11 is 0. The van der Waals surface area contributed by atoms with Crippen LogP contribution in [0.15, 0.2) is 44.0 Å².